The summed E-state index contributed by atoms with van der Waals surface area (Å²) in [6, 6.07) is 5.33. The van der Waals surface area contributed by atoms with Crippen molar-refractivity contribution in [1.82, 2.24) is 5.32 Å². The number of nitrogens with zero attached hydrogens (tertiary/aromatic N) is 2. The molecule has 0 fully saturated rings. The lowest BCUT2D eigenvalue weighted by molar-refractivity contribution is 0.159. The average molecular weight is 335 g/mol. The van der Waals surface area contributed by atoms with Crippen LogP contribution in [0.15, 0.2) is 12.1 Å². The molecule has 134 valence electrons. The summed E-state index contributed by atoms with van der Waals surface area (Å²) in [4.78, 5) is 2.03. The second kappa shape index (κ2) is 9.00. The highest BCUT2D eigenvalue weighted by Gasteiger charge is 2.22. The molecule has 0 radical (unpaired) electrons. The average Bonchev–Trinajstić information content (AvgIpc) is 2.51. The molecule has 0 spiro atoms. The Morgan fingerprint density at radius 2 is 1.83 bits per heavy atom. The number of β-amino-alcohol motifs (C(OH)–C–C–N with tert-alkyl or cyclic N) is 1. The topological polar surface area (TPSA) is 59.3 Å². The van der Waals surface area contributed by atoms with Gasteiger partial charge in [0.1, 0.15) is 17.4 Å². The van der Waals surface area contributed by atoms with Gasteiger partial charge in [-0.15, -0.1) is 0 Å². The number of hydrogen-bond donors (Lipinski definition) is 2. The van der Waals surface area contributed by atoms with E-state index in [1.807, 2.05) is 31.7 Å². The van der Waals surface area contributed by atoms with Crippen LogP contribution in [-0.2, 0) is 0 Å². The monoisotopic (exact) mass is 335 g/mol. The molecule has 1 unspecified atom stereocenters. The number of nitriles is 1. The Morgan fingerprint density at radius 1 is 1.25 bits per heavy atom. The lowest BCUT2D eigenvalue weighted by Gasteiger charge is -2.27. The number of aliphatic hydroxyl groups excluding tert-OH is 1. The molecule has 1 rings (SSSR count). The zero-order chi connectivity index (χ0) is 18.3. The molecule has 0 aliphatic heterocycles. The van der Waals surface area contributed by atoms with E-state index in [1.54, 1.807) is 12.1 Å². The number of rotatable bonds is 8. The van der Waals surface area contributed by atoms with Crippen LogP contribution in [0.2, 0.25) is 0 Å². The summed E-state index contributed by atoms with van der Waals surface area (Å²) < 4.78 is 14.8. The molecule has 1 atom stereocenters. The predicted molar refractivity (Wildman–Crippen MR) is 96.6 cm³/mol. The second-order valence-corrected chi connectivity index (χ2v) is 7.11. The molecule has 1 aromatic rings. The van der Waals surface area contributed by atoms with Crippen LogP contribution in [0.4, 0.5) is 10.1 Å². The molecule has 0 aliphatic rings. The largest absolute Gasteiger partial charge is 0.387 e. The quantitative estimate of drug-likeness (QED) is 0.760. The highest BCUT2D eigenvalue weighted by atomic mass is 19.1. The van der Waals surface area contributed by atoms with Gasteiger partial charge in [-0.1, -0.05) is 19.9 Å². The van der Waals surface area contributed by atoms with Gasteiger partial charge in [0, 0.05) is 30.7 Å². The van der Waals surface area contributed by atoms with Gasteiger partial charge >= 0.3 is 0 Å². The standard InChI is InChI=1S/C19H30FN3O/c1-6-10-23(11-7-2)16-9-8-14(18(20)15(16)12-21)17(24)13-22-19(3,4)5/h8-9,17,22,24H,6-7,10-11,13H2,1-5H3. The minimum Gasteiger partial charge on any atom is -0.387 e. The van der Waals surface area contributed by atoms with Crippen LogP contribution in [0.1, 0.15) is 64.7 Å². The maximum absolute atomic E-state index is 14.8. The smallest absolute Gasteiger partial charge is 0.148 e. The Kier molecular flexibility index (Phi) is 7.65. The van der Waals surface area contributed by atoms with Crippen LogP contribution >= 0.6 is 0 Å². The second-order valence-electron chi connectivity index (χ2n) is 7.11. The van der Waals surface area contributed by atoms with Crippen molar-refractivity contribution in [2.24, 2.45) is 0 Å². The molecule has 4 nitrogen and oxygen atoms in total. The molecule has 0 saturated carbocycles. The van der Waals surface area contributed by atoms with E-state index >= 15 is 0 Å². The summed E-state index contributed by atoms with van der Waals surface area (Å²) in [5.41, 5.74) is 0.622. The van der Waals surface area contributed by atoms with Crippen LogP contribution in [0.5, 0.6) is 0 Å². The summed E-state index contributed by atoms with van der Waals surface area (Å²) in [6.07, 6.45) is 0.856. The molecule has 0 amide bonds. The van der Waals surface area contributed by atoms with Gasteiger partial charge in [-0.05, 0) is 39.7 Å². The number of benzene rings is 1. The minimum absolute atomic E-state index is 0.0178. The van der Waals surface area contributed by atoms with E-state index in [4.69, 9.17) is 0 Å². The minimum atomic E-state index is -0.990. The molecule has 0 aliphatic carbocycles. The Hall–Kier alpha value is -1.64. The fourth-order valence-corrected chi connectivity index (χ4v) is 2.61. The summed E-state index contributed by atoms with van der Waals surface area (Å²) in [5.74, 6) is -0.615. The molecule has 1 aromatic carbocycles. The zero-order valence-corrected chi connectivity index (χ0v) is 15.5. The molecule has 0 saturated heterocycles. The number of hydrogen-bond acceptors (Lipinski definition) is 4. The van der Waals surface area contributed by atoms with Crippen molar-refractivity contribution in [1.29, 1.82) is 5.26 Å². The van der Waals surface area contributed by atoms with Crippen LogP contribution in [-0.4, -0.2) is 30.3 Å². The lowest BCUT2D eigenvalue weighted by Crippen LogP contribution is -2.38. The normalized spacial score (nSPS) is 12.8. The van der Waals surface area contributed by atoms with E-state index in [9.17, 15) is 14.8 Å². The van der Waals surface area contributed by atoms with Gasteiger partial charge in [0.2, 0.25) is 0 Å². The van der Waals surface area contributed by atoms with Crippen LogP contribution in [0.25, 0.3) is 0 Å². The van der Waals surface area contributed by atoms with Crippen molar-refractivity contribution in [3.63, 3.8) is 0 Å². The first-order valence-corrected chi connectivity index (χ1v) is 8.65. The van der Waals surface area contributed by atoms with Crippen molar-refractivity contribution in [3.05, 3.63) is 29.1 Å². The van der Waals surface area contributed by atoms with Crippen molar-refractivity contribution in [2.75, 3.05) is 24.5 Å². The number of halogens is 1. The molecule has 5 heteroatoms. The predicted octanol–water partition coefficient (Wildman–Crippen LogP) is 3.75. The van der Waals surface area contributed by atoms with Gasteiger partial charge < -0.3 is 15.3 Å². The number of aliphatic hydroxyl groups is 1. The summed E-state index contributed by atoms with van der Waals surface area (Å²) in [6.45, 7) is 11.8. The van der Waals surface area contributed by atoms with Crippen molar-refractivity contribution < 1.29 is 9.50 Å². The van der Waals surface area contributed by atoms with Gasteiger partial charge in [0.05, 0.1) is 11.8 Å². The first-order valence-electron chi connectivity index (χ1n) is 8.65. The van der Waals surface area contributed by atoms with Crippen molar-refractivity contribution in [2.45, 2.75) is 59.1 Å². The molecular formula is C19H30FN3O. The van der Waals surface area contributed by atoms with Gasteiger partial charge in [0.15, 0.2) is 0 Å². The third kappa shape index (κ3) is 5.47. The van der Waals surface area contributed by atoms with Gasteiger partial charge in [-0.3, -0.25) is 0 Å². The first kappa shape index (κ1) is 20.4. The van der Waals surface area contributed by atoms with Gasteiger partial charge in [0.25, 0.3) is 0 Å². The summed E-state index contributed by atoms with van der Waals surface area (Å²) >= 11 is 0. The Labute approximate surface area is 145 Å². The van der Waals surface area contributed by atoms with E-state index in [0.717, 1.165) is 25.9 Å². The highest BCUT2D eigenvalue weighted by molar-refractivity contribution is 5.61. The van der Waals surface area contributed by atoms with Crippen molar-refractivity contribution >= 4 is 5.69 Å². The highest BCUT2D eigenvalue weighted by Crippen LogP contribution is 2.29. The number of nitrogens with one attached hydrogen (secondary N) is 1. The van der Waals surface area contributed by atoms with Gasteiger partial charge in [-0.2, -0.15) is 5.26 Å². The maximum atomic E-state index is 14.8. The van der Waals surface area contributed by atoms with Crippen LogP contribution in [0.3, 0.4) is 0 Å². The fourth-order valence-electron chi connectivity index (χ4n) is 2.61. The van der Waals surface area contributed by atoms with Crippen molar-refractivity contribution in [3.8, 4) is 6.07 Å². The van der Waals surface area contributed by atoms with Crippen LogP contribution < -0.4 is 10.2 Å². The van der Waals surface area contributed by atoms with E-state index in [-0.39, 0.29) is 23.2 Å². The first-order chi connectivity index (χ1) is 11.2. The van der Waals surface area contributed by atoms with Gasteiger partial charge in [-0.25, -0.2) is 4.39 Å². The molecule has 24 heavy (non-hydrogen) atoms. The van der Waals surface area contributed by atoms with E-state index in [2.05, 4.69) is 19.2 Å². The summed E-state index contributed by atoms with van der Waals surface area (Å²) in [5, 5.41) is 22.9. The van der Waals surface area contributed by atoms with Crippen LogP contribution in [0, 0.1) is 17.1 Å². The Balaban J connectivity index is 3.14. The fraction of sp³-hybridized carbons (Fsp3) is 0.632. The molecule has 0 bridgehead atoms. The molecule has 2 N–H and O–H groups in total. The lowest BCUT2D eigenvalue weighted by atomic mass is 10.0. The van der Waals surface area contributed by atoms with E-state index in [1.165, 1.54) is 0 Å². The molecule has 0 aromatic heterocycles. The SMILES string of the molecule is CCCN(CCC)c1ccc(C(O)CNC(C)(C)C)c(F)c1C#N. The third-order valence-corrected chi connectivity index (χ3v) is 3.77. The number of anilines is 1. The molecular weight excluding hydrogens is 305 g/mol. The zero-order valence-electron chi connectivity index (χ0n) is 15.5. The van der Waals surface area contributed by atoms with E-state index < -0.39 is 11.9 Å². The van der Waals surface area contributed by atoms with E-state index in [0.29, 0.717) is 5.69 Å². The maximum Gasteiger partial charge on any atom is 0.148 e. The summed E-state index contributed by atoms with van der Waals surface area (Å²) in [7, 11) is 0. The Bertz CT molecular complexity index is 569. The molecule has 0 heterocycles. The Morgan fingerprint density at radius 3 is 2.29 bits per heavy atom. The third-order valence-electron chi connectivity index (χ3n) is 3.77.